The average molecular weight is 193 g/mol. The normalized spacial score (nSPS) is 11.4. The van der Waals surface area contributed by atoms with Crippen molar-refractivity contribution in [2.45, 2.75) is 52.9 Å². The van der Waals surface area contributed by atoms with Crippen LogP contribution in [0.15, 0.2) is 28.9 Å². The Morgan fingerprint density at radius 3 is 2.57 bits per heavy atom. The quantitative estimate of drug-likeness (QED) is 0.320. The van der Waals surface area contributed by atoms with Gasteiger partial charge in [0, 0.05) is 12.4 Å². The molecule has 14 heavy (non-hydrogen) atoms. The minimum Gasteiger partial charge on any atom is -0.269 e. The molecular formula is C13H23N. The zero-order valence-corrected chi connectivity index (χ0v) is 9.79. The second-order valence-corrected chi connectivity index (χ2v) is 3.77. The fraction of sp³-hybridized carbons (Fsp3) is 0.615. The van der Waals surface area contributed by atoms with Crippen LogP contribution in [0.25, 0.3) is 0 Å². The zero-order chi connectivity index (χ0) is 10.6. The highest BCUT2D eigenvalue weighted by atomic mass is 14.7. The summed E-state index contributed by atoms with van der Waals surface area (Å²) < 4.78 is 0. The van der Waals surface area contributed by atoms with Crippen LogP contribution >= 0.6 is 0 Å². The molecule has 80 valence electrons. The molecule has 1 heteroatoms. The largest absolute Gasteiger partial charge is 0.269 e. The molecule has 0 bridgehead atoms. The Bertz CT molecular complexity index is 195. The second kappa shape index (κ2) is 10.2. The van der Waals surface area contributed by atoms with E-state index in [1.54, 1.807) is 0 Å². The summed E-state index contributed by atoms with van der Waals surface area (Å²) in [5.41, 5.74) is 1.30. The van der Waals surface area contributed by atoms with Gasteiger partial charge in [-0.3, -0.25) is 4.99 Å². The van der Waals surface area contributed by atoms with Crippen molar-refractivity contribution in [1.82, 2.24) is 0 Å². The lowest BCUT2D eigenvalue weighted by molar-refractivity contribution is 0.685. The summed E-state index contributed by atoms with van der Waals surface area (Å²) in [6, 6.07) is 0. The van der Waals surface area contributed by atoms with Gasteiger partial charge in [-0.2, -0.15) is 0 Å². The predicted molar refractivity (Wildman–Crippen MR) is 65.8 cm³/mol. The SMILES string of the molecule is CCCCCCC=N/C=C\C=C(C)C. The first-order chi connectivity index (χ1) is 6.77. The molecule has 0 saturated carbocycles. The highest BCUT2D eigenvalue weighted by Gasteiger charge is 1.83. The van der Waals surface area contributed by atoms with Crippen molar-refractivity contribution in [3.8, 4) is 0 Å². The summed E-state index contributed by atoms with van der Waals surface area (Å²) in [7, 11) is 0. The molecule has 0 aliphatic carbocycles. The molecule has 1 nitrogen and oxygen atoms in total. The zero-order valence-electron chi connectivity index (χ0n) is 9.79. The first kappa shape index (κ1) is 13.2. The van der Waals surface area contributed by atoms with Gasteiger partial charge in [-0.05, 0) is 32.8 Å². The number of allylic oxidation sites excluding steroid dienone is 3. The van der Waals surface area contributed by atoms with Crippen molar-refractivity contribution in [3.63, 3.8) is 0 Å². The monoisotopic (exact) mass is 193 g/mol. The highest BCUT2D eigenvalue weighted by Crippen LogP contribution is 2.00. The third-order valence-corrected chi connectivity index (χ3v) is 1.89. The second-order valence-electron chi connectivity index (χ2n) is 3.77. The van der Waals surface area contributed by atoms with Crippen LogP contribution in [0.5, 0.6) is 0 Å². The minimum absolute atomic E-state index is 1.11. The number of nitrogens with zero attached hydrogens (tertiary/aromatic N) is 1. The number of hydrogen-bond acceptors (Lipinski definition) is 1. The summed E-state index contributed by atoms with van der Waals surface area (Å²) in [6.07, 6.45) is 14.3. The molecule has 0 amide bonds. The minimum atomic E-state index is 1.11. The van der Waals surface area contributed by atoms with Crippen molar-refractivity contribution >= 4 is 6.21 Å². The molecule has 0 unspecified atom stereocenters. The highest BCUT2D eigenvalue weighted by molar-refractivity contribution is 5.57. The van der Waals surface area contributed by atoms with Gasteiger partial charge in [0.05, 0.1) is 0 Å². The van der Waals surface area contributed by atoms with Crippen molar-refractivity contribution in [2.24, 2.45) is 4.99 Å². The molecule has 0 N–H and O–H groups in total. The van der Waals surface area contributed by atoms with Crippen molar-refractivity contribution in [3.05, 3.63) is 23.9 Å². The summed E-state index contributed by atoms with van der Waals surface area (Å²) in [4.78, 5) is 4.19. The Kier molecular flexibility index (Phi) is 9.61. The van der Waals surface area contributed by atoms with Crippen LogP contribution < -0.4 is 0 Å². The maximum atomic E-state index is 4.19. The van der Waals surface area contributed by atoms with Crippen LogP contribution in [0.1, 0.15) is 52.9 Å². The van der Waals surface area contributed by atoms with Gasteiger partial charge in [0.1, 0.15) is 0 Å². The summed E-state index contributed by atoms with van der Waals surface area (Å²) >= 11 is 0. The molecule has 0 aromatic carbocycles. The van der Waals surface area contributed by atoms with Gasteiger partial charge in [0.2, 0.25) is 0 Å². The van der Waals surface area contributed by atoms with Gasteiger partial charge in [-0.15, -0.1) is 0 Å². The Labute approximate surface area is 88.6 Å². The summed E-state index contributed by atoms with van der Waals surface area (Å²) in [5, 5.41) is 0. The molecule has 0 fully saturated rings. The lowest BCUT2D eigenvalue weighted by Gasteiger charge is -1.92. The third kappa shape index (κ3) is 11.2. The van der Waals surface area contributed by atoms with Crippen LogP contribution in [-0.4, -0.2) is 6.21 Å². The van der Waals surface area contributed by atoms with E-state index in [9.17, 15) is 0 Å². The summed E-state index contributed by atoms with van der Waals surface area (Å²) in [6.45, 7) is 6.40. The molecule has 0 saturated heterocycles. The molecular weight excluding hydrogens is 170 g/mol. The van der Waals surface area contributed by atoms with E-state index in [1.807, 2.05) is 18.5 Å². The topological polar surface area (TPSA) is 12.4 Å². The Balaban J connectivity index is 3.36. The van der Waals surface area contributed by atoms with Crippen molar-refractivity contribution < 1.29 is 0 Å². The molecule has 0 aromatic rings. The van der Waals surface area contributed by atoms with Gasteiger partial charge in [0.25, 0.3) is 0 Å². The van der Waals surface area contributed by atoms with Gasteiger partial charge in [-0.25, -0.2) is 0 Å². The van der Waals surface area contributed by atoms with Crippen LogP contribution in [0.3, 0.4) is 0 Å². The van der Waals surface area contributed by atoms with E-state index >= 15 is 0 Å². The molecule has 0 rings (SSSR count). The van der Waals surface area contributed by atoms with E-state index in [-0.39, 0.29) is 0 Å². The standard InChI is InChI=1S/C13H23N/c1-4-5-6-7-8-11-14-12-9-10-13(2)3/h9-12H,4-8H2,1-3H3/b12-9-,14-11?. The maximum absolute atomic E-state index is 4.19. The maximum Gasteiger partial charge on any atom is 0.0263 e. The third-order valence-electron chi connectivity index (χ3n) is 1.89. The van der Waals surface area contributed by atoms with E-state index in [0.717, 1.165) is 6.42 Å². The van der Waals surface area contributed by atoms with Crippen LogP contribution in [0, 0.1) is 0 Å². The van der Waals surface area contributed by atoms with E-state index < -0.39 is 0 Å². The van der Waals surface area contributed by atoms with Gasteiger partial charge < -0.3 is 0 Å². The van der Waals surface area contributed by atoms with Crippen molar-refractivity contribution in [2.75, 3.05) is 0 Å². The lowest BCUT2D eigenvalue weighted by atomic mass is 10.2. The van der Waals surface area contributed by atoms with Gasteiger partial charge in [-0.1, -0.05) is 37.8 Å². The Hall–Kier alpha value is -0.850. The molecule has 0 aromatic heterocycles. The Morgan fingerprint density at radius 2 is 1.93 bits per heavy atom. The molecule has 0 radical (unpaired) electrons. The number of hydrogen-bond donors (Lipinski definition) is 0. The molecule has 0 spiro atoms. The van der Waals surface area contributed by atoms with Crippen LogP contribution in [-0.2, 0) is 0 Å². The number of unbranched alkanes of at least 4 members (excludes halogenated alkanes) is 4. The first-order valence-electron chi connectivity index (χ1n) is 5.59. The molecule has 0 heterocycles. The number of rotatable bonds is 7. The van der Waals surface area contributed by atoms with E-state index in [2.05, 4.69) is 31.8 Å². The van der Waals surface area contributed by atoms with E-state index in [4.69, 9.17) is 0 Å². The lowest BCUT2D eigenvalue weighted by Crippen LogP contribution is -1.77. The van der Waals surface area contributed by atoms with Crippen molar-refractivity contribution in [1.29, 1.82) is 0 Å². The van der Waals surface area contributed by atoms with Crippen LogP contribution in [0.4, 0.5) is 0 Å². The van der Waals surface area contributed by atoms with Gasteiger partial charge >= 0.3 is 0 Å². The van der Waals surface area contributed by atoms with Crippen LogP contribution in [0.2, 0.25) is 0 Å². The van der Waals surface area contributed by atoms with E-state index in [0.29, 0.717) is 0 Å². The summed E-state index contributed by atoms with van der Waals surface area (Å²) in [5.74, 6) is 0. The molecule has 0 atom stereocenters. The average Bonchev–Trinajstić information content (AvgIpc) is 2.15. The first-order valence-corrected chi connectivity index (χ1v) is 5.59. The molecule has 0 aliphatic rings. The van der Waals surface area contributed by atoms with Gasteiger partial charge in [0.15, 0.2) is 0 Å². The Morgan fingerprint density at radius 1 is 1.14 bits per heavy atom. The smallest absolute Gasteiger partial charge is 0.0263 e. The fourth-order valence-corrected chi connectivity index (χ4v) is 1.08. The predicted octanol–water partition coefficient (Wildman–Crippen LogP) is 4.51. The van der Waals surface area contributed by atoms with E-state index in [1.165, 1.54) is 31.3 Å². The fourth-order valence-electron chi connectivity index (χ4n) is 1.08. The number of aliphatic imine (C=N–C) groups is 1. The molecule has 0 aliphatic heterocycles.